The lowest BCUT2D eigenvalue weighted by Crippen LogP contribution is -1.96. The first kappa shape index (κ1) is 15.0. The highest BCUT2D eigenvalue weighted by Crippen LogP contribution is 2.11. The van der Waals surface area contributed by atoms with Crippen LogP contribution in [0, 0.1) is 10.1 Å². The minimum absolute atomic E-state index is 0.0422. The topological polar surface area (TPSA) is 110 Å². The molecule has 0 fully saturated rings. The standard InChI is InChI=1S/C7H5NO4.C3H8O2/c9-7(10)5-1-3-6(4-2-5)8(11)12;1-5-3-2-4/h1-4H,(H,9,10);4H,2-3H2,1H3. The molecule has 0 saturated carbocycles. The van der Waals surface area contributed by atoms with Crippen LogP contribution in [0.3, 0.4) is 0 Å². The molecule has 1 aromatic rings. The van der Waals surface area contributed by atoms with Gasteiger partial charge >= 0.3 is 5.97 Å². The summed E-state index contributed by atoms with van der Waals surface area (Å²) in [6.07, 6.45) is 0. The normalized spacial score (nSPS) is 9.06. The van der Waals surface area contributed by atoms with Crippen molar-refractivity contribution in [3.63, 3.8) is 0 Å². The quantitative estimate of drug-likeness (QED) is 0.601. The van der Waals surface area contributed by atoms with Gasteiger partial charge in [-0.05, 0) is 12.1 Å². The van der Waals surface area contributed by atoms with Crippen LogP contribution in [0.2, 0.25) is 0 Å². The number of benzene rings is 1. The largest absolute Gasteiger partial charge is 0.478 e. The molecule has 94 valence electrons. The smallest absolute Gasteiger partial charge is 0.335 e. The third kappa shape index (κ3) is 6.23. The van der Waals surface area contributed by atoms with Gasteiger partial charge in [0, 0.05) is 19.2 Å². The van der Waals surface area contributed by atoms with Gasteiger partial charge in [-0.15, -0.1) is 0 Å². The maximum Gasteiger partial charge on any atom is 0.335 e. The average molecular weight is 243 g/mol. The van der Waals surface area contributed by atoms with Crippen molar-refractivity contribution < 1.29 is 24.7 Å². The van der Waals surface area contributed by atoms with Crippen molar-refractivity contribution >= 4 is 11.7 Å². The SMILES string of the molecule is COCCO.O=C(O)c1ccc([N+](=O)[O-])cc1. The van der Waals surface area contributed by atoms with Gasteiger partial charge in [0.05, 0.1) is 23.7 Å². The number of aliphatic hydroxyl groups excluding tert-OH is 1. The molecule has 7 nitrogen and oxygen atoms in total. The molecule has 0 atom stereocenters. The first-order valence-corrected chi connectivity index (χ1v) is 4.60. The Balaban J connectivity index is 0.000000437. The third-order valence-electron chi connectivity index (χ3n) is 1.62. The highest BCUT2D eigenvalue weighted by Gasteiger charge is 2.06. The molecular formula is C10H13NO6. The number of hydrogen-bond acceptors (Lipinski definition) is 5. The predicted molar refractivity (Wildman–Crippen MR) is 59.0 cm³/mol. The highest BCUT2D eigenvalue weighted by atomic mass is 16.6. The van der Waals surface area contributed by atoms with Crippen molar-refractivity contribution in [1.82, 2.24) is 0 Å². The predicted octanol–water partition coefficient (Wildman–Crippen LogP) is 0.918. The van der Waals surface area contributed by atoms with Gasteiger partial charge in [-0.1, -0.05) is 0 Å². The molecule has 0 amide bonds. The molecule has 0 bridgehead atoms. The van der Waals surface area contributed by atoms with Gasteiger partial charge in [0.25, 0.3) is 5.69 Å². The number of non-ortho nitro benzene ring substituents is 1. The minimum Gasteiger partial charge on any atom is -0.478 e. The van der Waals surface area contributed by atoms with Gasteiger partial charge in [-0.3, -0.25) is 10.1 Å². The maximum absolute atomic E-state index is 10.3. The molecule has 0 aliphatic carbocycles. The van der Waals surface area contributed by atoms with E-state index in [1.54, 1.807) is 7.11 Å². The molecular weight excluding hydrogens is 230 g/mol. The Bertz CT molecular complexity index is 327. The fourth-order valence-corrected chi connectivity index (χ4v) is 0.817. The molecule has 0 heterocycles. The number of methoxy groups -OCH3 is 1. The summed E-state index contributed by atoms with van der Waals surface area (Å²) >= 11 is 0. The number of hydrogen-bond donors (Lipinski definition) is 2. The van der Waals surface area contributed by atoms with Crippen LogP contribution < -0.4 is 0 Å². The zero-order chi connectivity index (χ0) is 13.3. The van der Waals surface area contributed by atoms with E-state index in [2.05, 4.69) is 4.74 Å². The Morgan fingerprint density at radius 3 is 2.18 bits per heavy atom. The Morgan fingerprint density at radius 1 is 1.41 bits per heavy atom. The van der Waals surface area contributed by atoms with Crippen LogP contribution in [0.1, 0.15) is 10.4 Å². The number of nitrogens with zero attached hydrogens (tertiary/aromatic N) is 1. The lowest BCUT2D eigenvalue weighted by Gasteiger charge is -1.92. The molecule has 0 aliphatic rings. The van der Waals surface area contributed by atoms with E-state index < -0.39 is 10.9 Å². The van der Waals surface area contributed by atoms with Gasteiger partial charge in [0.2, 0.25) is 0 Å². The average Bonchev–Trinajstić information content (AvgIpc) is 2.31. The van der Waals surface area contributed by atoms with E-state index in [1.165, 1.54) is 12.1 Å². The molecule has 0 aliphatic heterocycles. The Hall–Kier alpha value is -1.99. The summed E-state index contributed by atoms with van der Waals surface area (Å²) in [6.45, 7) is 0.566. The summed E-state index contributed by atoms with van der Waals surface area (Å²) in [5.74, 6) is -1.09. The number of rotatable bonds is 4. The summed E-state index contributed by atoms with van der Waals surface area (Å²) in [7, 11) is 1.55. The lowest BCUT2D eigenvalue weighted by molar-refractivity contribution is -0.384. The van der Waals surface area contributed by atoms with E-state index >= 15 is 0 Å². The van der Waals surface area contributed by atoms with Gasteiger partial charge in [-0.25, -0.2) is 4.79 Å². The molecule has 0 saturated heterocycles. The number of aliphatic hydroxyl groups is 1. The second-order valence-corrected chi connectivity index (χ2v) is 2.83. The van der Waals surface area contributed by atoms with E-state index in [0.29, 0.717) is 6.61 Å². The van der Waals surface area contributed by atoms with E-state index in [-0.39, 0.29) is 17.9 Å². The van der Waals surface area contributed by atoms with Crippen LogP contribution in [-0.2, 0) is 4.74 Å². The molecule has 0 unspecified atom stereocenters. The fourth-order valence-electron chi connectivity index (χ4n) is 0.817. The van der Waals surface area contributed by atoms with Gasteiger partial charge in [0.1, 0.15) is 0 Å². The molecule has 17 heavy (non-hydrogen) atoms. The molecule has 0 spiro atoms. The maximum atomic E-state index is 10.3. The second-order valence-electron chi connectivity index (χ2n) is 2.83. The van der Waals surface area contributed by atoms with Crippen molar-refractivity contribution in [2.24, 2.45) is 0 Å². The summed E-state index contributed by atoms with van der Waals surface area (Å²) in [5, 5.41) is 26.5. The van der Waals surface area contributed by atoms with Crippen LogP contribution in [0.15, 0.2) is 24.3 Å². The van der Waals surface area contributed by atoms with Crippen LogP contribution >= 0.6 is 0 Å². The van der Waals surface area contributed by atoms with E-state index in [4.69, 9.17) is 10.2 Å². The first-order valence-electron chi connectivity index (χ1n) is 4.60. The summed E-state index contributed by atoms with van der Waals surface area (Å²) in [5.41, 5.74) is -0.0689. The highest BCUT2D eigenvalue weighted by molar-refractivity contribution is 5.87. The number of carbonyl (C=O) groups is 1. The van der Waals surface area contributed by atoms with Crippen LogP contribution in [-0.4, -0.2) is 41.4 Å². The van der Waals surface area contributed by atoms with E-state index in [1.807, 2.05) is 0 Å². The lowest BCUT2D eigenvalue weighted by atomic mass is 10.2. The summed E-state index contributed by atoms with van der Waals surface area (Å²) in [4.78, 5) is 19.9. The van der Waals surface area contributed by atoms with Crippen molar-refractivity contribution in [3.8, 4) is 0 Å². The summed E-state index contributed by atoms with van der Waals surface area (Å²) in [6, 6.07) is 4.70. The van der Waals surface area contributed by atoms with Crippen LogP contribution in [0.5, 0.6) is 0 Å². The second kappa shape index (κ2) is 8.20. The monoisotopic (exact) mass is 243 g/mol. The molecule has 1 rings (SSSR count). The summed E-state index contributed by atoms with van der Waals surface area (Å²) < 4.78 is 4.44. The molecule has 2 N–H and O–H groups in total. The van der Waals surface area contributed by atoms with Crippen molar-refractivity contribution in [2.75, 3.05) is 20.3 Å². The van der Waals surface area contributed by atoms with Crippen LogP contribution in [0.4, 0.5) is 5.69 Å². The Kier molecular flexibility index (Phi) is 7.24. The van der Waals surface area contributed by atoms with Crippen LogP contribution in [0.25, 0.3) is 0 Å². The fraction of sp³-hybridized carbons (Fsp3) is 0.300. The number of aromatic carboxylic acids is 1. The number of carboxylic acid groups (broad SMARTS) is 1. The van der Waals surface area contributed by atoms with E-state index in [9.17, 15) is 14.9 Å². The third-order valence-corrected chi connectivity index (χ3v) is 1.62. The number of carboxylic acids is 1. The van der Waals surface area contributed by atoms with Crippen molar-refractivity contribution in [3.05, 3.63) is 39.9 Å². The zero-order valence-corrected chi connectivity index (χ0v) is 9.20. The van der Waals surface area contributed by atoms with Gasteiger partial charge < -0.3 is 14.9 Å². The van der Waals surface area contributed by atoms with Crippen molar-refractivity contribution in [1.29, 1.82) is 0 Å². The van der Waals surface area contributed by atoms with Crippen molar-refractivity contribution in [2.45, 2.75) is 0 Å². The number of nitro benzene ring substituents is 1. The van der Waals surface area contributed by atoms with Gasteiger partial charge in [0.15, 0.2) is 0 Å². The number of nitro groups is 1. The molecule has 0 radical (unpaired) electrons. The Morgan fingerprint density at radius 2 is 1.94 bits per heavy atom. The zero-order valence-electron chi connectivity index (χ0n) is 9.20. The van der Waals surface area contributed by atoms with Gasteiger partial charge in [-0.2, -0.15) is 0 Å². The molecule has 1 aromatic carbocycles. The molecule has 7 heteroatoms. The van der Waals surface area contributed by atoms with E-state index in [0.717, 1.165) is 12.1 Å². The number of ether oxygens (including phenoxy) is 1. The molecule has 0 aromatic heterocycles. The first-order chi connectivity index (χ1) is 8.02. The minimum atomic E-state index is -1.09. The Labute approximate surface area is 97.4 Å².